The quantitative estimate of drug-likeness (QED) is 0.530. The minimum absolute atomic E-state index is 0.112. The Morgan fingerprint density at radius 1 is 1.19 bits per heavy atom. The number of hydrogen-bond acceptors (Lipinski definition) is 4. The van der Waals surface area contributed by atoms with Crippen molar-refractivity contribution in [3.63, 3.8) is 0 Å². The van der Waals surface area contributed by atoms with Crippen LogP contribution in [0.1, 0.15) is 5.56 Å². The molecule has 134 valence electrons. The van der Waals surface area contributed by atoms with Crippen LogP contribution in [-0.4, -0.2) is 26.8 Å². The van der Waals surface area contributed by atoms with Crippen LogP contribution in [0.4, 0.5) is 5.69 Å². The molecule has 26 heavy (non-hydrogen) atoms. The van der Waals surface area contributed by atoms with E-state index in [1.165, 1.54) is 23.9 Å². The maximum atomic E-state index is 12.1. The summed E-state index contributed by atoms with van der Waals surface area (Å²) in [4.78, 5) is 16.5. The first kappa shape index (κ1) is 19.0. The lowest BCUT2D eigenvalue weighted by Gasteiger charge is -2.09. The first-order valence-electron chi connectivity index (χ1n) is 7.49. The monoisotopic (exact) mass is 426 g/mol. The van der Waals surface area contributed by atoms with Gasteiger partial charge in [-0.25, -0.2) is 4.98 Å². The fourth-order valence-corrected chi connectivity index (χ4v) is 3.71. The molecule has 0 fully saturated rings. The Morgan fingerprint density at radius 2 is 1.92 bits per heavy atom. The van der Waals surface area contributed by atoms with Crippen molar-refractivity contribution in [3.8, 4) is 11.4 Å². The van der Waals surface area contributed by atoms with Crippen molar-refractivity contribution in [2.24, 2.45) is 0 Å². The molecule has 0 aliphatic heterocycles. The van der Waals surface area contributed by atoms with E-state index in [0.29, 0.717) is 21.7 Å². The number of H-pyrrole nitrogens is 1. The lowest BCUT2D eigenvalue weighted by molar-refractivity contribution is -0.113. The summed E-state index contributed by atoms with van der Waals surface area (Å²) in [5.74, 6) is 0.490. The molecule has 0 atom stereocenters. The van der Waals surface area contributed by atoms with E-state index in [4.69, 9.17) is 34.8 Å². The lowest BCUT2D eigenvalue weighted by atomic mass is 10.1. The third-order valence-corrected chi connectivity index (χ3v) is 5.02. The van der Waals surface area contributed by atoms with Gasteiger partial charge in [-0.3, -0.25) is 9.89 Å². The molecular weight excluding hydrogens is 415 g/mol. The van der Waals surface area contributed by atoms with Gasteiger partial charge >= 0.3 is 0 Å². The third kappa shape index (κ3) is 4.71. The van der Waals surface area contributed by atoms with Gasteiger partial charge in [-0.2, -0.15) is 0 Å². The van der Waals surface area contributed by atoms with Gasteiger partial charge in [0, 0.05) is 10.6 Å². The summed E-state index contributed by atoms with van der Waals surface area (Å²) in [6.45, 7) is 2.01. The molecule has 9 heteroatoms. The van der Waals surface area contributed by atoms with Crippen LogP contribution in [0.2, 0.25) is 15.1 Å². The highest BCUT2D eigenvalue weighted by atomic mass is 35.5. The van der Waals surface area contributed by atoms with Gasteiger partial charge in [-0.1, -0.05) is 70.3 Å². The predicted molar refractivity (Wildman–Crippen MR) is 107 cm³/mol. The molecule has 0 spiro atoms. The molecule has 0 saturated carbocycles. The second-order valence-electron chi connectivity index (χ2n) is 5.42. The van der Waals surface area contributed by atoms with Gasteiger partial charge in [0.25, 0.3) is 0 Å². The molecule has 1 heterocycles. The summed E-state index contributed by atoms with van der Waals surface area (Å²) in [5.41, 5.74) is 2.40. The Hall–Kier alpha value is -1.73. The number of benzene rings is 2. The number of amides is 1. The first-order valence-corrected chi connectivity index (χ1v) is 9.61. The van der Waals surface area contributed by atoms with Gasteiger partial charge in [-0.05, 0) is 25.1 Å². The number of halogens is 3. The van der Waals surface area contributed by atoms with Crippen molar-refractivity contribution in [3.05, 3.63) is 57.0 Å². The largest absolute Gasteiger partial charge is 0.323 e. The number of aryl methyl sites for hydroxylation is 1. The number of carbonyl (C=O) groups excluding carboxylic acids is 1. The molecule has 0 radical (unpaired) electrons. The average molecular weight is 428 g/mol. The van der Waals surface area contributed by atoms with Gasteiger partial charge in [0.15, 0.2) is 5.82 Å². The molecule has 0 saturated heterocycles. The van der Waals surface area contributed by atoms with E-state index < -0.39 is 0 Å². The Morgan fingerprint density at radius 3 is 2.62 bits per heavy atom. The number of aromatic nitrogens is 3. The lowest BCUT2D eigenvalue weighted by Crippen LogP contribution is -2.14. The van der Waals surface area contributed by atoms with Crippen molar-refractivity contribution in [2.45, 2.75) is 12.1 Å². The number of thioether (sulfide) groups is 1. The highest BCUT2D eigenvalue weighted by Gasteiger charge is 2.13. The molecule has 1 amide bonds. The highest BCUT2D eigenvalue weighted by molar-refractivity contribution is 7.99. The van der Waals surface area contributed by atoms with Gasteiger partial charge < -0.3 is 5.32 Å². The van der Waals surface area contributed by atoms with E-state index in [2.05, 4.69) is 20.5 Å². The van der Waals surface area contributed by atoms with Crippen molar-refractivity contribution in [1.82, 2.24) is 15.2 Å². The number of aromatic amines is 1. The number of rotatable bonds is 5. The summed E-state index contributed by atoms with van der Waals surface area (Å²) in [7, 11) is 0. The predicted octanol–water partition coefficient (Wildman–Crippen LogP) is 5.47. The van der Waals surface area contributed by atoms with Crippen molar-refractivity contribution in [1.29, 1.82) is 0 Å². The maximum Gasteiger partial charge on any atom is 0.234 e. The standard InChI is InChI=1S/C17H13Cl3N4OS/c1-9-3-2-4-10(5-9)16-22-17(24-23-16)26-8-14(25)21-15-12(19)6-11(18)7-13(15)20/h2-7H,8H2,1H3,(H,21,25)(H,22,23,24). The van der Waals surface area contributed by atoms with E-state index >= 15 is 0 Å². The van der Waals surface area contributed by atoms with E-state index in [1.54, 1.807) is 0 Å². The van der Waals surface area contributed by atoms with E-state index in [0.717, 1.165) is 11.1 Å². The zero-order valence-electron chi connectivity index (χ0n) is 13.5. The molecule has 3 rings (SSSR count). The van der Waals surface area contributed by atoms with Gasteiger partial charge in [-0.15, -0.1) is 5.10 Å². The van der Waals surface area contributed by atoms with Crippen LogP contribution in [0.25, 0.3) is 11.4 Å². The minimum atomic E-state index is -0.275. The van der Waals surface area contributed by atoms with Crippen LogP contribution in [0, 0.1) is 6.92 Å². The molecule has 5 nitrogen and oxygen atoms in total. The summed E-state index contributed by atoms with van der Waals surface area (Å²) in [6.07, 6.45) is 0. The summed E-state index contributed by atoms with van der Waals surface area (Å²) < 4.78 is 0. The second kappa shape index (κ2) is 8.31. The van der Waals surface area contributed by atoms with E-state index in [-0.39, 0.29) is 21.7 Å². The van der Waals surface area contributed by atoms with E-state index in [1.807, 2.05) is 31.2 Å². The van der Waals surface area contributed by atoms with Gasteiger partial charge in [0.05, 0.1) is 21.5 Å². The Kier molecular flexibility index (Phi) is 6.09. The molecular formula is C17H13Cl3N4OS. The van der Waals surface area contributed by atoms with Crippen LogP contribution in [0.15, 0.2) is 41.6 Å². The second-order valence-corrected chi connectivity index (χ2v) is 7.61. The molecule has 0 bridgehead atoms. The SMILES string of the molecule is Cc1cccc(-c2nc(SCC(=O)Nc3c(Cl)cc(Cl)cc3Cl)n[nH]2)c1. The van der Waals surface area contributed by atoms with Crippen molar-refractivity contribution >= 4 is 58.2 Å². The maximum absolute atomic E-state index is 12.1. The summed E-state index contributed by atoms with van der Waals surface area (Å²) in [5, 5.41) is 11.1. The number of anilines is 1. The van der Waals surface area contributed by atoms with Gasteiger partial charge in [0.2, 0.25) is 11.1 Å². The van der Waals surface area contributed by atoms with Crippen LogP contribution < -0.4 is 5.32 Å². The van der Waals surface area contributed by atoms with Gasteiger partial charge in [0.1, 0.15) is 0 Å². The van der Waals surface area contributed by atoms with Crippen molar-refractivity contribution < 1.29 is 4.79 Å². The van der Waals surface area contributed by atoms with Crippen molar-refractivity contribution in [2.75, 3.05) is 11.1 Å². The van der Waals surface area contributed by atoms with Crippen LogP contribution in [0.5, 0.6) is 0 Å². The minimum Gasteiger partial charge on any atom is -0.323 e. The smallest absolute Gasteiger partial charge is 0.234 e. The Balaban J connectivity index is 1.62. The molecule has 3 aromatic rings. The molecule has 2 aromatic carbocycles. The number of nitrogens with one attached hydrogen (secondary N) is 2. The zero-order valence-corrected chi connectivity index (χ0v) is 16.6. The number of hydrogen-bond donors (Lipinski definition) is 2. The first-order chi connectivity index (χ1) is 12.4. The fraction of sp³-hybridized carbons (Fsp3) is 0.118. The number of nitrogens with zero attached hydrogens (tertiary/aromatic N) is 2. The molecule has 0 unspecified atom stereocenters. The Labute approximate surface area is 169 Å². The van der Waals surface area contributed by atoms with Crippen LogP contribution >= 0.6 is 46.6 Å². The molecule has 0 aliphatic rings. The fourth-order valence-electron chi connectivity index (χ4n) is 2.20. The topological polar surface area (TPSA) is 70.7 Å². The number of carbonyl (C=O) groups is 1. The molecule has 0 aliphatic carbocycles. The molecule has 1 aromatic heterocycles. The zero-order chi connectivity index (χ0) is 18.7. The molecule has 2 N–H and O–H groups in total. The normalized spacial score (nSPS) is 10.8. The third-order valence-electron chi connectivity index (χ3n) is 3.36. The van der Waals surface area contributed by atoms with E-state index in [9.17, 15) is 4.79 Å². The summed E-state index contributed by atoms with van der Waals surface area (Å²) in [6, 6.07) is 10.9. The highest BCUT2D eigenvalue weighted by Crippen LogP contribution is 2.33. The summed E-state index contributed by atoms with van der Waals surface area (Å²) >= 11 is 19.2. The van der Waals surface area contributed by atoms with Crippen LogP contribution in [0.3, 0.4) is 0 Å². The van der Waals surface area contributed by atoms with Crippen LogP contribution in [-0.2, 0) is 4.79 Å². The Bertz CT molecular complexity index is 938. The average Bonchev–Trinajstić information content (AvgIpc) is 3.05.